The van der Waals surface area contributed by atoms with Crippen molar-refractivity contribution in [2.75, 3.05) is 13.6 Å². The predicted molar refractivity (Wildman–Crippen MR) is 81.5 cm³/mol. The first kappa shape index (κ1) is 14.3. The molecule has 1 saturated heterocycles. The molecule has 0 aliphatic carbocycles. The highest BCUT2D eigenvalue weighted by Crippen LogP contribution is 2.24. The second-order valence-corrected chi connectivity index (χ2v) is 5.50. The Hall–Kier alpha value is -2.63. The SMILES string of the molecule is CC(=O)n1cc(CC2C(=O)NCC(=O)N2C)c2ccccc21. The minimum atomic E-state index is -0.549. The Morgan fingerprint density at radius 3 is 2.77 bits per heavy atom. The smallest absolute Gasteiger partial charge is 0.243 e. The maximum Gasteiger partial charge on any atom is 0.243 e. The van der Waals surface area contributed by atoms with Gasteiger partial charge in [-0.15, -0.1) is 0 Å². The van der Waals surface area contributed by atoms with Gasteiger partial charge in [-0.05, 0) is 11.6 Å². The molecule has 3 rings (SSSR count). The summed E-state index contributed by atoms with van der Waals surface area (Å²) in [5.41, 5.74) is 1.70. The molecule has 6 heteroatoms. The van der Waals surface area contributed by atoms with Gasteiger partial charge in [0.15, 0.2) is 0 Å². The fraction of sp³-hybridized carbons (Fsp3) is 0.312. The summed E-state index contributed by atoms with van der Waals surface area (Å²) in [6.45, 7) is 1.54. The normalized spacial score (nSPS) is 18.6. The lowest BCUT2D eigenvalue weighted by Crippen LogP contribution is -2.57. The summed E-state index contributed by atoms with van der Waals surface area (Å²) in [5, 5.41) is 3.53. The van der Waals surface area contributed by atoms with Crippen molar-refractivity contribution in [1.29, 1.82) is 0 Å². The van der Waals surface area contributed by atoms with Gasteiger partial charge in [0.05, 0.1) is 12.1 Å². The van der Waals surface area contributed by atoms with E-state index in [4.69, 9.17) is 0 Å². The average Bonchev–Trinajstić information content (AvgIpc) is 2.87. The lowest BCUT2D eigenvalue weighted by molar-refractivity contribution is -0.143. The average molecular weight is 299 g/mol. The minimum absolute atomic E-state index is 0.0427. The molecule has 1 aromatic carbocycles. The van der Waals surface area contributed by atoms with Crippen LogP contribution in [-0.2, 0) is 16.0 Å². The number of aromatic nitrogens is 1. The Morgan fingerprint density at radius 2 is 2.05 bits per heavy atom. The number of carbonyl (C=O) groups is 3. The van der Waals surface area contributed by atoms with E-state index in [9.17, 15) is 14.4 Å². The molecule has 0 saturated carbocycles. The van der Waals surface area contributed by atoms with Gasteiger partial charge in [0, 0.05) is 32.0 Å². The van der Waals surface area contributed by atoms with Gasteiger partial charge in [-0.25, -0.2) is 0 Å². The Kier molecular flexibility index (Phi) is 3.44. The van der Waals surface area contributed by atoms with E-state index in [0.29, 0.717) is 6.42 Å². The van der Waals surface area contributed by atoms with Crippen molar-refractivity contribution in [1.82, 2.24) is 14.8 Å². The van der Waals surface area contributed by atoms with Crippen molar-refractivity contribution in [3.05, 3.63) is 36.0 Å². The van der Waals surface area contributed by atoms with E-state index >= 15 is 0 Å². The van der Waals surface area contributed by atoms with Gasteiger partial charge in [0.25, 0.3) is 0 Å². The zero-order valence-electron chi connectivity index (χ0n) is 12.5. The molecule has 2 amide bonds. The van der Waals surface area contributed by atoms with Crippen LogP contribution in [0, 0.1) is 0 Å². The first-order valence-electron chi connectivity index (χ1n) is 7.12. The van der Waals surface area contributed by atoms with E-state index in [1.165, 1.54) is 11.8 Å². The fourth-order valence-electron chi connectivity index (χ4n) is 2.87. The highest BCUT2D eigenvalue weighted by molar-refractivity contribution is 5.97. The largest absolute Gasteiger partial charge is 0.345 e. The van der Waals surface area contributed by atoms with Gasteiger partial charge < -0.3 is 10.2 Å². The van der Waals surface area contributed by atoms with E-state index in [0.717, 1.165) is 16.5 Å². The molecule has 1 atom stereocenters. The van der Waals surface area contributed by atoms with Crippen LogP contribution in [0.15, 0.2) is 30.5 Å². The number of carbonyl (C=O) groups excluding carboxylic acids is 3. The Balaban J connectivity index is 2.02. The van der Waals surface area contributed by atoms with Crippen LogP contribution in [0.5, 0.6) is 0 Å². The van der Waals surface area contributed by atoms with Crippen molar-refractivity contribution in [2.45, 2.75) is 19.4 Å². The van der Waals surface area contributed by atoms with Crippen molar-refractivity contribution >= 4 is 28.6 Å². The maximum atomic E-state index is 12.1. The highest BCUT2D eigenvalue weighted by atomic mass is 16.2. The summed E-state index contributed by atoms with van der Waals surface area (Å²) in [7, 11) is 1.63. The first-order chi connectivity index (χ1) is 10.5. The number of likely N-dealkylation sites (N-methyl/N-ethyl adjacent to an activating group) is 1. The number of rotatable bonds is 2. The molecule has 1 fully saturated rings. The molecule has 6 nitrogen and oxygen atoms in total. The molecular formula is C16H17N3O3. The van der Waals surface area contributed by atoms with Crippen LogP contribution >= 0.6 is 0 Å². The summed E-state index contributed by atoms with van der Waals surface area (Å²) in [6.07, 6.45) is 2.14. The predicted octanol–water partition coefficient (Wildman–Crippen LogP) is 0.801. The zero-order valence-corrected chi connectivity index (χ0v) is 12.5. The van der Waals surface area contributed by atoms with Gasteiger partial charge >= 0.3 is 0 Å². The van der Waals surface area contributed by atoms with Crippen molar-refractivity contribution in [3.63, 3.8) is 0 Å². The topological polar surface area (TPSA) is 71.4 Å². The summed E-state index contributed by atoms with van der Waals surface area (Å²) < 4.78 is 1.58. The number of hydrogen-bond donors (Lipinski definition) is 1. The number of benzene rings is 1. The lowest BCUT2D eigenvalue weighted by Gasteiger charge is -2.31. The van der Waals surface area contributed by atoms with Gasteiger partial charge in [-0.3, -0.25) is 19.0 Å². The van der Waals surface area contributed by atoms with Crippen LogP contribution in [-0.4, -0.2) is 46.8 Å². The Bertz CT molecular complexity index is 778. The zero-order chi connectivity index (χ0) is 15.9. The van der Waals surface area contributed by atoms with Crippen LogP contribution in [0.2, 0.25) is 0 Å². The standard InChI is InChI=1S/C16H17N3O3/c1-10(20)19-9-11(12-5-3-4-6-13(12)19)7-14-16(22)17-8-15(21)18(14)2/h3-6,9,14H,7-8H2,1-2H3,(H,17,22). The fourth-order valence-corrected chi connectivity index (χ4v) is 2.87. The van der Waals surface area contributed by atoms with E-state index in [1.807, 2.05) is 24.3 Å². The molecule has 1 N–H and O–H groups in total. The number of piperazine rings is 1. The number of hydrogen-bond acceptors (Lipinski definition) is 3. The summed E-state index contributed by atoms with van der Waals surface area (Å²) >= 11 is 0. The second kappa shape index (κ2) is 5.29. The molecule has 1 aliphatic heterocycles. The van der Waals surface area contributed by atoms with Crippen molar-refractivity contribution in [2.24, 2.45) is 0 Å². The number of para-hydroxylation sites is 1. The van der Waals surface area contributed by atoms with Crippen molar-refractivity contribution < 1.29 is 14.4 Å². The third-order valence-electron chi connectivity index (χ3n) is 4.12. The lowest BCUT2D eigenvalue weighted by atomic mass is 10.0. The van der Waals surface area contributed by atoms with E-state index in [2.05, 4.69) is 5.32 Å². The molecule has 2 aromatic rings. The van der Waals surface area contributed by atoms with Crippen LogP contribution in [0.4, 0.5) is 0 Å². The Labute approximate surface area is 127 Å². The van der Waals surface area contributed by atoms with Crippen LogP contribution in [0.1, 0.15) is 17.3 Å². The summed E-state index contributed by atoms with van der Waals surface area (Å²) in [5.74, 6) is -0.360. The monoisotopic (exact) mass is 299 g/mol. The molecule has 0 bridgehead atoms. The summed E-state index contributed by atoms with van der Waals surface area (Å²) in [6, 6.07) is 7.01. The number of fused-ring (bicyclic) bond motifs is 1. The van der Waals surface area contributed by atoms with E-state index < -0.39 is 6.04 Å². The first-order valence-corrected chi connectivity index (χ1v) is 7.12. The molecule has 1 aromatic heterocycles. The molecular weight excluding hydrogens is 282 g/mol. The minimum Gasteiger partial charge on any atom is -0.345 e. The number of nitrogens with zero attached hydrogens (tertiary/aromatic N) is 2. The molecule has 0 spiro atoms. The maximum absolute atomic E-state index is 12.1. The van der Waals surface area contributed by atoms with E-state index in [1.54, 1.807) is 17.8 Å². The van der Waals surface area contributed by atoms with Crippen molar-refractivity contribution in [3.8, 4) is 0 Å². The molecule has 114 valence electrons. The highest BCUT2D eigenvalue weighted by Gasteiger charge is 2.32. The summed E-state index contributed by atoms with van der Waals surface area (Å²) in [4.78, 5) is 37.1. The van der Waals surface area contributed by atoms with Gasteiger partial charge in [-0.1, -0.05) is 18.2 Å². The van der Waals surface area contributed by atoms with Gasteiger partial charge in [0.2, 0.25) is 17.7 Å². The molecule has 1 aliphatic rings. The third kappa shape index (κ3) is 2.26. The Morgan fingerprint density at radius 1 is 1.32 bits per heavy atom. The second-order valence-electron chi connectivity index (χ2n) is 5.50. The van der Waals surface area contributed by atoms with Crippen LogP contribution in [0.3, 0.4) is 0 Å². The molecule has 2 heterocycles. The van der Waals surface area contributed by atoms with Crippen LogP contribution in [0.25, 0.3) is 10.9 Å². The third-order valence-corrected chi connectivity index (χ3v) is 4.12. The molecule has 22 heavy (non-hydrogen) atoms. The molecule has 1 unspecified atom stereocenters. The number of nitrogens with one attached hydrogen (secondary N) is 1. The van der Waals surface area contributed by atoms with E-state index in [-0.39, 0.29) is 24.3 Å². The van der Waals surface area contributed by atoms with Gasteiger partial charge in [-0.2, -0.15) is 0 Å². The molecule has 0 radical (unpaired) electrons. The number of amides is 2. The quantitative estimate of drug-likeness (QED) is 0.891. The van der Waals surface area contributed by atoms with Gasteiger partial charge in [0.1, 0.15) is 6.04 Å². The van der Waals surface area contributed by atoms with Crippen LogP contribution < -0.4 is 5.32 Å².